The van der Waals surface area contributed by atoms with E-state index in [-0.39, 0.29) is 0 Å². The van der Waals surface area contributed by atoms with E-state index in [0.29, 0.717) is 0 Å². The first-order valence-corrected chi connectivity index (χ1v) is 5.17. The highest BCUT2D eigenvalue weighted by atomic mass is 15.1. The predicted octanol–water partition coefficient (Wildman–Crippen LogP) is 2.54. The van der Waals surface area contributed by atoms with Crippen LogP contribution in [0, 0.1) is 6.33 Å². The highest BCUT2D eigenvalue weighted by Gasteiger charge is 2.04. The minimum absolute atomic E-state index is 0.801. The Labute approximate surface area is 95.1 Å². The van der Waals surface area contributed by atoms with E-state index in [1.807, 2.05) is 24.3 Å². The van der Waals surface area contributed by atoms with Gasteiger partial charge in [-0.05, 0) is 18.2 Å². The molecule has 1 aromatic carbocycles. The van der Waals surface area contributed by atoms with Crippen LogP contribution in [0.5, 0.6) is 0 Å². The quantitative estimate of drug-likeness (QED) is 0.772. The summed E-state index contributed by atoms with van der Waals surface area (Å²) in [5.41, 5.74) is 3.06. The van der Waals surface area contributed by atoms with Gasteiger partial charge >= 0.3 is 0 Å². The number of nitrogens with zero attached hydrogens (tertiary/aromatic N) is 2. The van der Waals surface area contributed by atoms with E-state index in [9.17, 15) is 0 Å². The number of rotatable bonds is 5. The van der Waals surface area contributed by atoms with E-state index in [4.69, 9.17) is 0 Å². The van der Waals surface area contributed by atoms with Gasteiger partial charge < -0.3 is 9.88 Å². The summed E-state index contributed by atoms with van der Waals surface area (Å²) < 4.78 is 0. The number of benzene rings is 1. The van der Waals surface area contributed by atoms with Crippen molar-refractivity contribution in [3.63, 3.8) is 0 Å². The number of fused-ring (bicyclic) bond motifs is 1. The molecule has 0 saturated carbocycles. The molecule has 1 N–H and O–H groups in total. The summed E-state index contributed by atoms with van der Waals surface area (Å²) in [6, 6.07) is 6.09. The molecular formula is C13H14N3. The maximum absolute atomic E-state index is 4.07. The summed E-state index contributed by atoms with van der Waals surface area (Å²) in [6.45, 7) is 9.12. The number of H-pyrrole nitrogens is 1. The van der Waals surface area contributed by atoms with Gasteiger partial charge in [0.1, 0.15) is 0 Å². The molecule has 2 rings (SSSR count). The maximum Gasteiger partial charge on any atom is 0.174 e. The summed E-state index contributed by atoms with van der Waals surface area (Å²) in [6.07, 6.45) is 6.50. The number of anilines is 1. The van der Waals surface area contributed by atoms with Crippen molar-refractivity contribution in [3.05, 3.63) is 49.8 Å². The summed E-state index contributed by atoms with van der Waals surface area (Å²) in [7, 11) is 0. The van der Waals surface area contributed by atoms with Crippen molar-refractivity contribution >= 4 is 16.7 Å². The molecule has 81 valence electrons. The molecule has 0 aliphatic rings. The van der Waals surface area contributed by atoms with E-state index < -0.39 is 0 Å². The van der Waals surface area contributed by atoms with Crippen LogP contribution in [0.15, 0.2) is 43.5 Å². The molecule has 3 heteroatoms. The van der Waals surface area contributed by atoms with Crippen LogP contribution in [0.4, 0.5) is 5.69 Å². The highest BCUT2D eigenvalue weighted by molar-refractivity contribution is 5.79. The van der Waals surface area contributed by atoms with Crippen LogP contribution in [0.25, 0.3) is 11.0 Å². The second kappa shape index (κ2) is 4.66. The minimum Gasteiger partial charge on any atom is -0.364 e. The molecule has 1 radical (unpaired) electrons. The largest absolute Gasteiger partial charge is 0.364 e. The standard InChI is InChI=1S/C13H14N3/c1-3-7-16(8-4-2)11-5-6-12-13(9-11)15-10-14-12/h3-6,9H,1-2,7-8H2,(H,14,15). The molecule has 0 unspecified atom stereocenters. The molecule has 2 aromatic rings. The molecule has 0 aliphatic heterocycles. The molecule has 3 nitrogen and oxygen atoms in total. The first-order valence-electron chi connectivity index (χ1n) is 5.17. The third-order valence-corrected chi connectivity index (χ3v) is 2.41. The van der Waals surface area contributed by atoms with Crippen molar-refractivity contribution in [2.45, 2.75) is 0 Å². The Hall–Kier alpha value is -2.03. The fraction of sp³-hybridized carbons (Fsp3) is 0.154. The lowest BCUT2D eigenvalue weighted by Gasteiger charge is -2.21. The predicted molar refractivity (Wildman–Crippen MR) is 67.5 cm³/mol. The number of imidazole rings is 1. The van der Waals surface area contributed by atoms with Gasteiger partial charge in [0.15, 0.2) is 6.33 Å². The van der Waals surface area contributed by atoms with Crippen molar-refractivity contribution < 1.29 is 0 Å². The van der Waals surface area contributed by atoms with E-state index in [1.54, 1.807) is 0 Å². The number of aromatic nitrogens is 2. The topological polar surface area (TPSA) is 31.9 Å². The van der Waals surface area contributed by atoms with Gasteiger partial charge in [-0.3, -0.25) is 0 Å². The average molecular weight is 212 g/mol. The summed E-state index contributed by atoms with van der Waals surface area (Å²) in [5.74, 6) is 0. The van der Waals surface area contributed by atoms with Crippen LogP contribution in [0.1, 0.15) is 0 Å². The Balaban J connectivity index is 2.34. The Bertz CT molecular complexity index is 489. The third-order valence-electron chi connectivity index (χ3n) is 2.41. The monoisotopic (exact) mass is 212 g/mol. The fourth-order valence-electron chi connectivity index (χ4n) is 1.66. The fourth-order valence-corrected chi connectivity index (χ4v) is 1.66. The molecule has 0 fully saturated rings. The van der Waals surface area contributed by atoms with E-state index in [2.05, 4.69) is 40.4 Å². The van der Waals surface area contributed by atoms with Gasteiger partial charge in [-0.25, -0.2) is 4.98 Å². The van der Waals surface area contributed by atoms with Gasteiger partial charge in [0.2, 0.25) is 0 Å². The first-order chi connectivity index (χ1) is 7.85. The third kappa shape index (κ3) is 1.98. The zero-order valence-electron chi connectivity index (χ0n) is 9.11. The van der Waals surface area contributed by atoms with Gasteiger partial charge in [0, 0.05) is 18.8 Å². The van der Waals surface area contributed by atoms with Gasteiger partial charge in [0.25, 0.3) is 0 Å². The second-order valence-corrected chi connectivity index (χ2v) is 3.53. The van der Waals surface area contributed by atoms with Crippen LogP contribution in [-0.2, 0) is 0 Å². The van der Waals surface area contributed by atoms with Crippen LogP contribution in [0.2, 0.25) is 0 Å². The van der Waals surface area contributed by atoms with Gasteiger partial charge in [-0.15, -0.1) is 13.2 Å². The molecule has 0 spiro atoms. The molecule has 16 heavy (non-hydrogen) atoms. The Morgan fingerprint density at radius 3 is 2.75 bits per heavy atom. The summed E-state index contributed by atoms with van der Waals surface area (Å²) in [5, 5.41) is 0. The zero-order valence-corrected chi connectivity index (χ0v) is 9.11. The highest BCUT2D eigenvalue weighted by Crippen LogP contribution is 2.19. The van der Waals surface area contributed by atoms with Gasteiger partial charge in [-0.2, -0.15) is 0 Å². The van der Waals surface area contributed by atoms with Crippen LogP contribution in [0.3, 0.4) is 0 Å². The molecule has 0 bridgehead atoms. The van der Waals surface area contributed by atoms with Crippen molar-refractivity contribution in [1.82, 2.24) is 9.97 Å². The number of aromatic amines is 1. The van der Waals surface area contributed by atoms with Gasteiger partial charge in [-0.1, -0.05) is 12.2 Å². The lowest BCUT2D eigenvalue weighted by Crippen LogP contribution is -2.22. The normalized spacial score (nSPS) is 10.2. The second-order valence-electron chi connectivity index (χ2n) is 3.53. The average Bonchev–Trinajstić information content (AvgIpc) is 2.75. The van der Waals surface area contributed by atoms with E-state index >= 15 is 0 Å². The van der Waals surface area contributed by atoms with Gasteiger partial charge in [0.05, 0.1) is 11.0 Å². The van der Waals surface area contributed by atoms with Crippen molar-refractivity contribution in [2.24, 2.45) is 0 Å². The van der Waals surface area contributed by atoms with Crippen molar-refractivity contribution in [2.75, 3.05) is 18.0 Å². The smallest absolute Gasteiger partial charge is 0.174 e. The summed E-state index contributed by atoms with van der Waals surface area (Å²) >= 11 is 0. The maximum atomic E-state index is 4.07. The molecule has 0 saturated heterocycles. The number of hydrogen-bond donors (Lipinski definition) is 1. The lowest BCUT2D eigenvalue weighted by molar-refractivity contribution is 0.958. The van der Waals surface area contributed by atoms with Crippen molar-refractivity contribution in [3.8, 4) is 0 Å². The SMILES string of the molecule is C=CCN(CC=C)c1ccc2n[c][nH]c2c1. The molecule has 1 aromatic heterocycles. The van der Waals surface area contributed by atoms with E-state index in [0.717, 1.165) is 29.8 Å². The molecule has 0 aliphatic carbocycles. The van der Waals surface area contributed by atoms with Crippen molar-refractivity contribution in [1.29, 1.82) is 0 Å². The molecule has 0 amide bonds. The molecule has 1 heterocycles. The molecular weight excluding hydrogens is 198 g/mol. The first kappa shape index (κ1) is 10.5. The minimum atomic E-state index is 0.801. The Kier molecular flexibility index (Phi) is 3.05. The molecule has 0 atom stereocenters. The Morgan fingerprint density at radius 1 is 1.31 bits per heavy atom. The number of hydrogen-bond acceptors (Lipinski definition) is 2. The van der Waals surface area contributed by atoms with E-state index in [1.165, 1.54) is 0 Å². The number of nitrogens with one attached hydrogen (secondary N) is 1. The summed E-state index contributed by atoms with van der Waals surface area (Å²) in [4.78, 5) is 9.24. The van der Waals surface area contributed by atoms with Crippen LogP contribution >= 0.6 is 0 Å². The Morgan fingerprint density at radius 2 is 2.06 bits per heavy atom. The lowest BCUT2D eigenvalue weighted by atomic mass is 10.2. The zero-order chi connectivity index (χ0) is 11.4. The van der Waals surface area contributed by atoms with Crippen LogP contribution < -0.4 is 4.90 Å². The van der Waals surface area contributed by atoms with Crippen LogP contribution in [-0.4, -0.2) is 23.1 Å².